The summed E-state index contributed by atoms with van der Waals surface area (Å²) < 4.78 is 22.4. The third-order valence-corrected chi connectivity index (χ3v) is 8.09. The van der Waals surface area contributed by atoms with Gasteiger partial charge in [-0.25, -0.2) is 0 Å². The average Bonchev–Trinajstić information content (AvgIpc) is 2.83. The first-order chi connectivity index (χ1) is 15.1. The second-order valence-electron chi connectivity index (χ2n) is 6.79. The van der Waals surface area contributed by atoms with Gasteiger partial charge in [-0.1, -0.05) is 6.92 Å². The molecule has 31 heavy (non-hydrogen) atoms. The van der Waals surface area contributed by atoms with Crippen LogP contribution in [-0.4, -0.2) is 27.3 Å². The second kappa shape index (κ2) is 10.3. The predicted octanol–water partition coefficient (Wildman–Crippen LogP) is 6.25. The van der Waals surface area contributed by atoms with Gasteiger partial charge in [0.05, 0.1) is 21.3 Å². The first kappa shape index (κ1) is 22.6. The summed E-state index contributed by atoms with van der Waals surface area (Å²) in [5.41, 5.74) is 0. The maximum atomic E-state index is 12.9. The average molecular weight is 441 g/mol. The lowest BCUT2D eigenvalue weighted by Crippen LogP contribution is -2.13. The van der Waals surface area contributed by atoms with Crippen molar-refractivity contribution in [3.05, 3.63) is 72.8 Å². The molecule has 0 aliphatic rings. The van der Waals surface area contributed by atoms with Crippen LogP contribution in [0.2, 0.25) is 0 Å². The van der Waals surface area contributed by atoms with E-state index in [1.807, 2.05) is 79.7 Å². The fourth-order valence-electron chi connectivity index (χ4n) is 3.24. The zero-order chi connectivity index (χ0) is 22.3. The van der Waals surface area contributed by atoms with Crippen LogP contribution < -0.4 is 14.2 Å². The normalized spacial score (nSPS) is 11.5. The number of hydrogen-bond donors (Lipinski definition) is 0. The van der Waals surface area contributed by atoms with Gasteiger partial charge in [-0.2, -0.15) is 0 Å². The molecule has 0 amide bonds. The monoisotopic (exact) mass is 440 g/mol. The molecule has 0 radical (unpaired) electrons. The SMILES string of the molecule is CCCC(=O)OS(c1ccc(OC)cc1)(c1ccc(OC)cc1)c1ccc(OC)cc1. The highest BCUT2D eigenvalue weighted by Crippen LogP contribution is 2.69. The molecule has 3 rings (SSSR count). The van der Waals surface area contributed by atoms with Crippen molar-refractivity contribution < 1.29 is 23.2 Å². The summed E-state index contributed by atoms with van der Waals surface area (Å²) in [6.45, 7) is 1.96. The van der Waals surface area contributed by atoms with Gasteiger partial charge in [-0.3, -0.25) is 4.79 Å². The van der Waals surface area contributed by atoms with Crippen LogP contribution in [0.5, 0.6) is 17.2 Å². The van der Waals surface area contributed by atoms with Gasteiger partial charge in [0.2, 0.25) is 0 Å². The van der Waals surface area contributed by atoms with Gasteiger partial charge in [-0.15, -0.1) is 0 Å². The molecule has 0 atom stereocenters. The largest absolute Gasteiger partial charge is 0.497 e. The van der Waals surface area contributed by atoms with E-state index in [0.29, 0.717) is 12.8 Å². The van der Waals surface area contributed by atoms with Crippen molar-refractivity contribution in [1.82, 2.24) is 0 Å². The first-order valence-corrected chi connectivity index (χ1v) is 11.6. The number of rotatable bonds is 9. The van der Waals surface area contributed by atoms with Crippen molar-refractivity contribution in [1.29, 1.82) is 0 Å². The Morgan fingerprint density at radius 1 is 0.645 bits per heavy atom. The molecule has 3 aromatic carbocycles. The van der Waals surface area contributed by atoms with Crippen LogP contribution >= 0.6 is 10.3 Å². The van der Waals surface area contributed by atoms with Gasteiger partial charge in [0.1, 0.15) is 17.2 Å². The fraction of sp³-hybridized carbons (Fsp3) is 0.240. The van der Waals surface area contributed by atoms with E-state index in [1.54, 1.807) is 21.3 Å². The molecule has 164 valence electrons. The van der Waals surface area contributed by atoms with Crippen LogP contribution in [-0.2, 0) is 8.98 Å². The lowest BCUT2D eigenvalue weighted by atomic mass is 10.3. The fourth-order valence-corrected chi connectivity index (χ4v) is 6.27. The van der Waals surface area contributed by atoms with E-state index >= 15 is 0 Å². The van der Waals surface area contributed by atoms with E-state index in [9.17, 15) is 4.79 Å². The standard InChI is InChI=1S/C25H28O5S/c1-5-6-25(26)30-31(22-13-7-19(27-2)8-14-22,23-15-9-20(28-3)10-16-23)24-17-11-21(29-4)12-18-24/h7-18H,5-6H2,1-4H3. The Morgan fingerprint density at radius 2 is 0.968 bits per heavy atom. The van der Waals surface area contributed by atoms with E-state index in [0.717, 1.165) is 31.9 Å². The maximum Gasteiger partial charge on any atom is 0.317 e. The molecule has 0 aliphatic carbocycles. The smallest absolute Gasteiger partial charge is 0.317 e. The molecule has 0 aliphatic heterocycles. The second-order valence-corrected chi connectivity index (χ2v) is 9.48. The molecule has 0 fully saturated rings. The Balaban J connectivity index is 2.27. The minimum absolute atomic E-state index is 0.236. The van der Waals surface area contributed by atoms with E-state index in [4.69, 9.17) is 18.4 Å². The Morgan fingerprint density at radius 3 is 1.23 bits per heavy atom. The number of ether oxygens (including phenoxy) is 3. The molecule has 0 aromatic heterocycles. The lowest BCUT2D eigenvalue weighted by molar-refractivity contribution is -0.133. The van der Waals surface area contributed by atoms with E-state index < -0.39 is 10.3 Å². The van der Waals surface area contributed by atoms with Crippen LogP contribution in [0.1, 0.15) is 19.8 Å². The Bertz CT molecular complexity index is 866. The molecular formula is C25H28O5S. The van der Waals surface area contributed by atoms with E-state index in [1.165, 1.54) is 0 Å². The topological polar surface area (TPSA) is 54.0 Å². The Hall–Kier alpha value is -3.12. The van der Waals surface area contributed by atoms with Crippen molar-refractivity contribution in [2.45, 2.75) is 34.5 Å². The molecule has 0 saturated heterocycles. The quantitative estimate of drug-likeness (QED) is 0.393. The van der Waals surface area contributed by atoms with Gasteiger partial charge < -0.3 is 18.4 Å². The van der Waals surface area contributed by atoms with Crippen molar-refractivity contribution in [3.8, 4) is 17.2 Å². The van der Waals surface area contributed by atoms with Crippen molar-refractivity contribution in [2.75, 3.05) is 21.3 Å². The first-order valence-electron chi connectivity index (χ1n) is 10.0. The number of benzene rings is 3. The summed E-state index contributed by atoms with van der Waals surface area (Å²) in [4.78, 5) is 15.6. The third-order valence-electron chi connectivity index (χ3n) is 4.85. The zero-order valence-electron chi connectivity index (χ0n) is 18.3. The van der Waals surface area contributed by atoms with Crippen molar-refractivity contribution in [2.24, 2.45) is 0 Å². The molecule has 0 spiro atoms. The van der Waals surface area contributed by atoms with Gasteiger partial charge in [-0.05, 0) is 89.5 Å². The summed E-state index contributed by atoms with van der Waals surface area (Å²) in [7, 11) is 2.54. The highest BCUT2D eigenvalue weighted by molar-refractivity contribution is 8.30. The molecule has 0 heterocycles. The summed E-state index contributed by atoms with van der Waals surface area (Å²) in [6, 6.07) is 23.1. The molecule has 0 N–H and O–H groups in total. The summed E-state index contributed by atoms with van der Waals surface area (Å²) >= 11 is 0. The number of carbonyl (C=O) groups excluding carboxylic acids is 1. The van der Waals surface area contributed by atoms with E-state index in [-0.39, 0.29) is 5.97 Å². The summed E-state index contributed by atoms with van der Waals surface area (Å²) in [6.07, 6.45) is 1.05. The van der Waals surface area contributed by atoms with Crippen LogP contribution in [0, 0.1) is 0 Å². The van der Waals surface area contributed by atoms with Gasteiger partial charge >= 0.3 is 5.97 Å². The predicted molar refractivity (Wildman–Crippen MR) is 122 cm³/mol. The summed E-state index contributed by atoms with van der Waals surface area (Å²) in [5, 5.41) is 0. The van der Waals surface area contributed by atoms with Crippen LogP contribution in [0.3, 0.4) is 0 Å². The Kier molecular flexibility index (Phi) is 7.47. The molecule has 0 saturated carbocycles. The maximum absolute atomic E-state index is 12.9. The number of methoxy groups -OCH3 is 3. The molecule has 3 aromatic rings. The molecule has 0 unspecified atom stereocenters. The minimum Gasteiger partial charge on any atom is -0.497 e. The molecular weight excluding hydrogens is 412 g/mol. The van der Waals surface area contributed by atoms with Crippen LogP contribution in [0.4, 0.5) is 0 Å². The highest BCUT2D eigenvalue weighted by Gasteiger charge is 2.35. The van der Waals surface area contributed by atoms with Gasteiger partial charge in [0.25, 0.3) is 0 Å². The third kappa shape index (κ3) is 4.80. The molecule has 5 nitrogen and oxygen atoms in total. The number of hydrogen-bond acceptors (Lipinski definition) is 5. The Labute approximate surface area is 185 Å². The van der Waals surface area contributed by atoms with Crippen molar-refractivity contribution in [3.63, 3.8) is 0 Å². The molecule has 0 bridgehead atoms. The van der Waals surface area contributed by atoms with Crippen LogP contribution in [0.25, 0.3) is 0 Å². The zero-order valence-corrected chi connectivity index (χ0v) is 19.1. The van der Waals surface area contributed by atoms with Gasteiger partial charge in [0.15, 0.2) is 0 Å². The van der Waals surface area contributed by atoms with Gasteiger partial charge in [0, 0.05) is 21.1 Å². The lowest BCUT2D eigenvalue weighted by Gasteiger charge is -2.40. The summed E-state index contributed by atoms with van der Waals surface area (Å²) in [5.74, 6) is 1.98. The highest BCUT2D eigenvalue weighted by atomic mass is 32.3. The van der Waals surface area contributed by atoms with Crippen molar-refractivity contribution >= 4 is 16.3 Å². The molecule has 6 heteroatoms. The van der Waals surface area contributed by atoms with Crippen LogP contribution in [0.15, 0.2) is 87.5 Å². The minimum atomic E-state index is -2.35. The van der Waals surface area contributed by atoms with E-state index in [2.05, 4.69) is 0 Å². The number of carbonyl (C=O) groups is 1.